The second-order valence-electron chi connectivity index (χ2n) is 8.54. The number of aliphatic hydroxyl groups excluding tert-OH is 1. The molecule has 2 amide bonds. The zero-order valence-corrected chi connectivity index (χ0v) is 19.0. The predicted octanol–water partition coefficient (Wildman–Crippen LogP) is 4.98. The fourth-order valence-electron chi connectivity index (χ4n) is 4.69. The molecule has 1 atom stereocenters. The van der Waals surface area contributed by atoms with E-state index >= 15 is 0 Å². The molecule has 32 heavy (non-hydrogen) atoms. The molecule has 1 saturated heterocycles. The maximum atomic E-state index is 13.3. The number of fused-ring (bicyclic) bond motifs is 2. The lowest BCUT2D eigenvalue weighted by molar-refractivity contribution is -0.118. The molecular weight excluding hydrogens is 426 g/mol. The van der Waals surface area contributed by atoms with Crippen molar-refractivity contribution in [2.75, 3.05) is 29.9 Å². The van der Waals surface area contributed by atoms with Gasteiger partial charge in [-0.05, 0) is 69.1 Å². The van der Waals surface area contributed by atoms with Crippen molar-refractivity contribution in [2.45, 2.75) is 51.0 Å². The van der Waals surface area contributed by atoms with E-state index in [1.807, 2.05) is 12.1 Å². The van der Waals surface area contributed by atoms with E-state index in [9.17, 15) is 14.7 Å². The minimum absolute atomic E-state index is 0.0382. The number of carbonyl (C=O) groups is 2. The van der Waals surface area contributed by atoms with E-state index in [0.29, 0.717) is 34.1 Å². The Hall–Kier alpha value is -2.41. The van der Waals surface area contributed by atoms with Crippen LogP contribution >= 0.6 is 11.6 Å². The van der Waals surface area contributed by atoms with Gasteiger partial charge in [-0.2, -0.15) is 0 Å². The van der Waals surface area contributed by atoms with Crippen LogP contribution in [0.15, 0.2) is 42.5 Å². The molecule has 4 rings (SSSR count). The van der Waals surface area contributed by atoms with Crippen molar-refractivity contribution in [3.05, 3.63) is 53.1 Å². The number of para-hydroxylation sites is 1. The molecule has 170 valence electrons. The third-order valence-electron chi connectivity index (χ3n) is 6.38. The smallest absolute Gasteiger partial charge is 0.257 e. The highest BCUT2D eigenvalue weighted by molar-refractivity contribution is 6.31. The van der Waals surface area contributed by atoms with Crippen LogP contribution in [0, 0.1) is 0 Å². The monoisotopic (exact) mass is 455 g/mol. The number of carbonyl (C=O) groups excluding carboxylic acids is 2. The number of nitrogens with zero attached hydrogens (tertiary/aromatic N) is 2. The van der Waals surface area contributed by atoms with Crippen molar-refractivity contribution in [1.82, 2.24) is 4.90 Å². The van der Waals surface area contributed by atoms with Crippen LogP contribution in [-0.4, -0.2) is 47.6 Å². The summed E-state index contributed by atoms with van der Waals surface area (Å²) in [4.78, 5) is 30.1. The molecular formula is C25H30ClN3O3. The summed E-state index contributed by atoms with van der Waals surface area (Å²) in [7, 11) is 0. The van der Waals surface area contributed by atoms with Gasteiger partial charge in [0.1, 0.15) is 0 Å². The van der Waals surface area contributed by atoms with Gasteiger partial charge in [0, 0.05) is 17.5 Å². The van der Waals surface area contributed by atoms with Crippen molar-refractivity contribution in [1.29, 1.82) is 0 Å². The van der Waals surface area contributed by atoms with Gasteiger partial charge >= 0.3 is 0 Å². The molecule has 2 aromatic rings. The van der Waals surface area contributed by atoms with Gasteiger partial charge in [0.15, 0.2) is 0 Å². The van der Waals surface area contributed by atoms with E-state index in [4.69, 9.17) is 11.6 Å². The van der Waals surface area contributed by atoms with Crippen LogP contribution < -0.4 is 10.2 Å². The van der Waals surface area contributed by atoms with E-state index in [1.165, 1.54) is 12.8 Å². The number of piperidine rings is 1. The van der Waals surface area contributed by atoms with Gasteiger partial charge in [-0.15, -0.1) is 0 Å². The molecule has 0 aliphatic carbocycles. The summed E-state index contributed by atoms with van der Waals surface area (Å²) in [5, 5.41) is 13.0. The van der Waals surface area contributed by atoms with Gasteiger partial charge in [-0.25, -0.2) is 0 Å². The summed E-state index contributed by atoms with van der Waals surface area (Å²) >= 11 is 6.14. The number of halogens is 1. The summed E-state index contributed by atoms with van der Waals surface area (Å²) < 4.78 is 0. The summed E-state index contributed by atoms with van der Waals surface area (Å²) in [5.74, 6) is -0.289. The third-order valence-corrected chi connectivity index (χ3v) is 6.62. The van der Waals surface area contributed by atoms with Crippen molar-refractivity contribution in [3.8, 4) is 0 Å². The first-order chi connectivity index (χ1) is 15.6. The second-order valence-corrected chi connectivity index (χ2v) is 8.98. The Morgan fingerprint density at radius 2 is 1.94 bits per heavy atom. The first-order valence-electron chi connectivity index (χ1n) is 11.5. The quantitative estimate of drug-likeness (QED) is 0.577. The van der Waals surface area contributed by atoms with E-state index in [-0.39, 0.29) is 24.5 Å². The number of hydrogen-bond acceptors (Lipinski definition) is 4. The topological polar surface area (TPSA) is 72.9 Å². The third kappa shape index (κ3) is 4.98. The summed E-state index contributed by atoms with van der Waals surface area (Å²) in [6.45, 7) is 2.24. The lowest BCUT2D eigenvalue weighted by Crippen LogP contribution is -2.42. The number of anilines is 3. The molecule has 0 saturated carbocycles. The van der Waals surface area contributed by atoms with Gasteiger partial charge in [0.05, 0.1) is 29.2 Å². The maximum Gasteiger partial charge on any atom is 0.257 e. The van der Waals surface area contributed by atoms with Crippen molar-refractivity contribution >= 4 is 40.5 Å². The SMILES string of the molecule is O=C1Nc2cc(Cl)ccc2N(C(=O)CCCCCN2CCCCC2CO)c2ccccc21. The number of aliphatic hydroxyl groups is 1. The van der Waals surface area contributed by atoms with Gasteiger partial charge in [-0.3, -0.25) is 19.4 Å². The highest BCUT2D eigenvalue weighted by atomic mass is 35.5. The molecule has 6 nitrogen and oxygen atoms in total. The molecule has 2 heterocycles. The largest absolute Gasteiger partial charge is 0.395 e. The van der Waals surface area contributed by atoms with Crippen LogP contribution in [0.4, 0.5) is 17.1 Å². The Morgan fingerprint density at radius 1 is 1.09 bits per heavy atom. The van der Waals surface area contributed by atoms with Crippen molar-refractivity contribution in [2.24, 2.45) is 0 Å². The minimum atomic E-state index is -0.251. The average molecular weight is 456 g/mol. The summed E-state index contributed by atoms with van der Waals surface area (Å²) in [5.41, 5.74) is 2.23. The Morgan fingerprint density at radius 3 is 2.78 bits per heavy atom. The van der Waals surface area contributed by atoms with Crippen LogP contribution in [-0.2, 0) is 4.79 Å². The number of rotatable bonds is 7. The van der Waals surface area contributed by atoms with Crippen LogP contribution in [0.2, 0.25) is 5.02 Å². The second kappa shape index (κ2) is 10.5. The van der Waals surface area contributed by atoms with Gasteiger partial charge in [0.2, 0.25) is 5.91 Å². The lowest BCUT2D eigenvalue weighted by Gasteiger charge is -2.34. The van der Waals surface area contributed by atoms with E-state index in [1.54, 1.807) is 35.2 Å². The van der Waals surface area contributed by atoms with Crippen molar-refractivity contribution in [3.63, 3.8) is 0 Å². The number of likely N-dealkylation sites (tertiary alicyclic amines) is 1. The fourth-order valence-corrected chi connectivity index (χ4v) is 4.87. The van der Waals surface area contributed by atoms with Crippen LogP contribution in [0.1, 0.15) is 55.3 Å². The van der Waals surface area contributed by atoms with E-state index in [2.05, 4.69) is 10.2 Å². The maximum absolute atomic E-state index is 13.3. The highest BCUT2D eigenvalue weighted by Gasteiger charge is 2.29. The average Bonchev–Trinajstić information content (AvgIpc) is 2.92. The Balaban J connectivity index is 1.43. The summed E-state index contributed by atoms with van der Waals surface area (Å²) in [6.07, 6.45) is 6.58. The zero-order valence-electron chi connectivity index (χ0n) is 18.2. The lowest BCUT2D eigenvalue weighted by atomic mass is 10.0. The summed E-state index contributed by atoms with van der Waals surface area (Å²) in [6, 6.07) is 12.6. The predicted molar refractivity (Wildman–Crippen MR) is 128 cm³/mol. The number of benzene rings is 2. The molecule has 7 heteroatoms. The first kappa shape index (κ1) is 22.8. The Bertz CT molecular complexity index is 981. The standard InChI is InChI=1S/C25H30ClN3O3/c26-18-12-13-23-21(16-18)27-25(32)20-9-3-4-10-22(20)29(23)24(31)11-2-1-6-14-28-15-7-5-8-19(28)17-30/h3-4,9-10,12-13,16,19,30H,1-2,5-8,11,14-15,17H2,(H,27,32). The molecule has 2 aliphatic rings. The van der Waals surface area contributed by atoms with Crippen LogP contribution in [0.25, 0.3) is 0 Å². The van der Waals surface area contributed by atoms with E-state index in [0.717, 1.165) is 38.8 Å². The Kier molecular flexibility index (Phi) is 7.45. The molecule has 2 N–H and O–H groups in total. The van der Waals surface area contributed by atoms with Gasteiger partial charge in [0.25, 0.3) is 5.91 Å². The van der Waals surface area contributed by atoms with Gasteiger partial charge in [-0.1, -0.05) is 36.6 Å². The fraction of sp³-hybridized carbons (Fsp3) is 0.440. The molecule has 1 unspecified atom stereocenters. The minimum Gasteiger partial charge on any atom is -0.395 e. The number of unbranched alkanes of at least 4 members (excludes halogenated alkanes) is 2. The van der Waals surface area contributed by atoms with Crippen LogP contribution in [0.5, 0.6) is 0 Å². The zero-order chi connectivity index (χ0) is 22.5. The molecule has 0 radical (unpaired) electrons. The van der Waals surface area contributed by atoms with Crippen LogP contribution in [0.3, 0.4) is 0 Å². The number of amides is 2. The van der Waals surface area contributed by atoms with Gasteiger partial charge < -0.3 is 10.4 Å². The molecule has 2 aliphatic heterocycles. The molecule has 0 bridgehead atoms. The Labute approximate surface area is 194 Å². The molecule has 0 spiro atoms. The molecule has 0 aromatic heterocycles. The number of hydrogen-bond donors (Lipinski definition) is 2. The molecule has 1 fully saturated rings. The van der Waals surface area contributed by atoms with E-state index < -0.39 is 0 Å². The normalized spacial score (nSPS) is 18.5. The highest BCUT2D eigenvalue weighted by Crippen LogP contribution is 2.39. The van der Waals surface area contributed by atoms with Crippen molar-refractivity contribution < 1.29 is 14.7 Å². The first-order valence-corrected chi connectivity index (χ1v) is 11.8. The molecule has 2 aromatic carbocycles. The number of nitrogens with one attached hydrogen (secondary N) is 1.